The number of piperazine rings is 1. The molecule has 92 valence electrons. The molecule has 1 atom stereocenters. The number of nitrogens with one attached hydrogen (secondary N) is 1. The third-order valence-corrected chi connectivity index (χ3v) is 2.63. The number of nitrogens with zero attached hydrogens (tertiary/aromatic N) is 3. The van der Waals surface area contributed by atoms with Crippen LogP contribution in [0.1, 0.15) is 0 Å². The molecule has 1 aromatic rings. The second-order valence-electron chi connectivity index (χ2n) is 3.71. The number of ether oxygens (including phenoxy) is 1. The molecule has 0 amide bonds. The number of carboxylic acids is 1. The van der Waals surface area contributed by atoms with Crippen LogP contribution in [0, 0.1) is 0 Å². The highest BCUT2D eigenvalue weighted by atomic mass is 16.5. The summed E-state index contributed by atoms with van der Waals surface area (Å²) in [6.45, 7) is 1.71. The summed E-state index contributed by atoms with van der Waals surface area (Å²) in [6.07, 6.45) is 1.41. The van der Waals surface area contributed by atoms with Crippen molar-refractivity contribution in [2.45, 2.75) is 6.04 Å². The van der Waals surface area contributed by atoms with E-state index in [1.54, 1.807) is 6.07 Å². The van der Waals surface area contributed by atoms with Crippen molar-refractivity contribution in [2.75, 3.05) is 31.6 Å². The molecule has 2 N–H and O–H groups in total. The molecule has 1 aliphatic heterocycles. The van der Waals surface area contributed by atoms with Crippen molar-refractivity contribution < 1.29 is 14.6 Å². The number of hydrogen-bond acceptors (Lipinski definition) is 6. The van der Waals surface area contributed by atoms with Crippen molar-refractivity contribution in [3.05, 3.63) is 12.4 Å². The van der Waals surface area contributed by atoms with Crippen LogP contribution in [-0.2, 0) is 4.79 Å². The minimum atomic E-state index is -0.851. The third kappa shape index (κ3) is 2.62. The van der Waals surface area contributed by atoms with Gasteiger partial charge in [-0.1, -0.05) is 0 Å². The van der Waals surface area contributed by atoms with Gasteiger partial charge in [-0.2, -0.15) is 0 Å². The Morgan fingerprint density at radius 2 is 2.47 bits per heavy atom. The molecule has 0 spiro atoms. The first kappa shape index (κ1) is 11.6. The van der Waals surface area contributed by atoms with Crippen molar-refractivity contribution in [3.63, 3.8) is 0 Å². The van der Waals surface area contributed by atoms with Crippen LogP contribution in [0.25, 0.3) is 0 Å². The Bertz CT molecular complexity index is 412. The van der Waals surface area contributed by atoms with Crippen LogP contribution < -0.4 is 15.0 Å². The predicted octanol–water partition coefficient (Wildman–Crippen LogP) is -0.652. The Labute approximate surface area is 98.4 Å². The first-order valence-corrected chi connectivity index (χ1v) is 5.28. The standard InChI is InChI=1S/C10H14N4O3/c1-17-9-4-8(12-6-13-9)14-3-2-11-7(5-14)10(15)16/h4,6-7,11H,2-3,5H2,1H3,(H,15,16). The van der Waals surface area contributed by atoms with E-state index in [1.165, 1.54) is 13.4 Å². The van der Waals surface area contributed by atoms with Crippen LogP contribution in [0.15, 0.2) is 12.4 Å². The van der Waals surface area contributed by atoms with Crippen molar-refractivity contribution in [1.29, 1.82) is 0 Å². The number of carbonyl (C=O) groups is 1. The van der Waals surface area contributed by atoms with Crippen LogP contribution in [0.2, 0.25) is 0 Å². The minimum Gasteiger partial charge on any atom is -0.481 e. The maximum Gasteiger partial charge on any atom is 0.322 e. The van der Waals surface area contributed by atoms with Crippen molar-refractivity contribution in [2.24, 2.45) is 0 Å². The number of anilines is 1. The Balaban J connectivity index is 2.13. The van der Waals surface area contributed by atoms with Gasteiger partial charge in [-0.25, -0.2) is 9.97 Å². The van der Waals surface area contributed by atoms with Crippen LogP contribution in [0.3, 0.4) is 0 Å². The average molecular weight is 238 g/mol. The number of rotatable bonds is 3. The predicted molar refractivity (Wildman–Crippen MR) is 60.2 cm³/mol. The van der Waals surface area contributed by atoms with Gasteiger partial charge < -0.3 is 20.1 Å². The van der Waals surface area contributed by atoms with E-state index >= 15 is 0 Å². The zero-order valence-electron chi connectivity index (χ0n) is 9.46. The van der Waals surface area contributed by atoms with Gasteiger partial charge in [-0.3, -0.25) is 4.79 Å². The van der Waals surface area contributed by atoms with Gasteiger partial charge in [-0.05, 0) is 0 Å². The lowest BCUT2D eigenvalue weighted by atomic mass is 10.2. The summed E-state index contributed by atoms with van der Waals surface area (Å²) in [4.78, 5) is 20.8. The fourth-order valence-electron chi connectivity index (χ4n) is 1.74. The fourth-order valence-corrected chi connectivity index (χ4v) is 1.74. The normalized spacial score (nSPS) is 20.1. The largest absolute Gasteiger partial charge is 0.481 e. The van der Waals surface area contributed by atoms with Crippen LogP contribution in [0.4, 0.5) is 5.82 Å². The van der Waals surface area contributed by atoms with E-state index in [0.29, 0.717) is 31.3 Å². The molecule has 1 saturated heterocycles. The zero-order chi connectivity index (χ0) is 12.3. The first-order valence-electron chi connectivity index (χ1n) is 5.28. The summed E-state index contributed by atoms with van der Waals surface area (Å²) < 4.78 is 5.01. The molecule has 0 aliphatic carbocycles. The van der Waals surface area contributed by atoms with E-state index in [9.17, 15) is 4.79 Å². The molecule has 17 heavy (non-hydrogen) atoms. The summed E-state index contributed by atoms with van der Waals surface area (Å²) in [6, 6.07) is 1.13. The van der Waals surface area contributed by atoms with E-state index in [4.69, 9.17) is 9.84 Å². The summed E-state index contributed by atoms with van der Waals surface area (Å²) in [7, 11) is 1.53. The van der Waals surface area contributed by atoms with Crippen LogP contribution in [0.5, 0.6) is 5.88 Å². The van der Waals surface area contributed by atoms with E-state index in [-0.39, 0.29) is 0 Å². The number of aliphatic carboxylic acids is 1. The van der Waals surface area contributed by atoms with Gasteiger partial charge in [0, 0.05) is 25.7 Å². The fraction of sp³-hybridized carbons (Fsp3) is 0.500. The lowest BCUT2D eigenvalue weighted by Crippen LogP contribution is -2.54. The molecule has 0 bridgehead atoms. The summed E-state index contributed by atoms with van der Waals surface area (Å²) in [5.41, 5.74) is 0. The van der Waals surface area contributed by atoms with E-state index in [0.717, 1.165) is 0 Å². The smallest absolute Gasteiger partial charge is 0.322 e. The number of carboxylic acid groups (broad SMARTS) is 1. The summed E-state index contributed by atoms with van der Waals surface area (Å²) >= 11 is 0. The quantitative estimate of drug-likeness (QED) is 0.723. The Morgan fingerprint density at radius 1 is 1.65 bits per heavy atom. The van der Waals surface area contributed by atoms with Crippen LogP contribution >= 0.6 is 0 Å². The lowest BCUT2D eigenvalue weighted by Gasteiger charge is -2.32. The molecule has 1 unspecified atom stereocenters. The highest BCUT2D eigenvalue weighted by Crippen LogP contribution is 2.16. The van der Waals surface area contributed by atoms with E-state index in [1.807, 2.05) is 4.90 Å². The molecule has 2 rings (SSSR count). The SMILES string of the molecule is COc1cc(N2CCNC(C(=O)O)C2)ncn1. The van der Waals surface area contributed by atoms with Gasteiger partial charge in [-0.15, -0.1) is 0 Å². The molecule has 7 heteroatoms. The number of methoxy groups -OCH3 is 1. The van der Waals surface area contributed by atoms with Crippen LogP contribution in [-0.4, -0.2) is 53.8 Å². The lowest BCUT2D eigenvalue weighted by molar-refractivity contribution is -0.139. The minimum absolute atomic E-state index is 0.384. The topological polar surface area (TPSA) is 87.6 Å². The molecule has 1 aliphatic rings. The van der Waals surface area contributed by atoms with Gasteiger partial charge in [0.15, 0.2) is 0 Å². The third-order valence-electron chi connectivity index (χ3n) is 2.63. The first-order chi connectivity index (χ1) is 8.20. The maximum atomic E-state index is 10.9. The zero-order valence-corrected chi connectivity index (χ0v) is 9.46. The summed E-state index contributed by atoms with van der Waals surface area (Å²) in [5.74, 6) is 0.306. The van der Waals surface area contributed by atoms with Crippen molar-refractivity contribution in [1.82, 2.24) is 15.3 Å². The second kappa shape index (κ2) is 4.96. The molecule has 1 aromatic heterocycles. The van der Waals surface area contributed by atoms with Gasteiger partial charge >= 0.3 is 5.97 Å². The average Bonchev–Trinajstić information content (AvgIpc) is 2.39. The van der Waals surface area contributed by atoms with E-state index in [2.05, 4.69) is 15.3 Å². The molecule has 7 nitrogen and oxygen atoms in total. The van der Waals surface area contributed by atoms with Crippen molar-refractivity contribution in [3.8, 4) is 5.88 Å². The number of aromatic nitrogens is 2. The summed E-state index contributed by atoms with van der Waals surface area (Å²) in [5, 5.41) is 11.9. The Hall–Kier alpha value is -1.89. The molecular formula is C10H14N4O3. The van der Waals surface area contributed by atoms with Crippen molar-refractivity contribution >= 4 is 11.8 Å². The molecule has 2 heterocycles. The van der Waals surface area contributed by atoms with E-state index < -0.39 is 12.0 Å². The highest BCUT2D eigenvalue weighted by molar-refractivity contribution is 5.74. The second-order valence-corrected chi connectivity index (χ2v) is 3.71. The Morgan fingerprint density at radius 3 is 3.18 bits per heavy atom. The monoisotopic (exact) mass is 238 g/mol. The van der Waals surface area contributed by atoms with Gasteiger partial charge in [0.1, 0.15) is 18.2 Å². The molecule has 1 fully saturated rings. The highest BCUT2D eigenvalue weighted by Gasteiger charge is 2.25. The number of hydrogen-bond donors (Lipinski definition) is 2. The molecule has 0 radical (unpaired) electrons. The molecule has 0 saturated carbocycles. The van der Waals surface area contributed by atoms with Gasteiger partial charge in [0.25, 0.3) is 0 Å². The molecular weight excluding hydrogens is 224 g/mol. The Kier molecular flexibility index (Phi) is 3.38. The maximum absolute atomic E-state index is 10.9. The molecule has 0 aromatic carbocycles. The van der Waals surface area contributed by atoms with Gasteiger partial charge in [0.05, 0.1) is 7.11 Å². The van der Waals surface area contributed by atoms with Gasteiger partial charge in [0.2, 0.25) is 5.88 Å².